The van der Waals surface area contributed by atoms with Gasteiger partial charge in [0.2, 0.25) is 0 Å². The van der Waals surface area contributed by atoms with Gasteiger partial charge in [-0.25, -0.2) is 9.18 Å². The highest BCUT2D eigenvalue weighted by atomic mass is 19.1. The molecule has 1 aromatic rings. The van der Waals surface area contributed by atoms with Gasteiger partial charge < -0.3 is 19.5 Å². The first kappa shape index (κ1) is 22.1. The van der Waals surface area contributed by atoms with Crippen LogP contribution in [0.3, 0.4) is 0 Å². The predicted molar refractivity (Wildman–Crippen MR) is 102 cm³/mol. The van der Waals surface area contributed by atoms with Crippen molar-refractivity contribution in [2.24, 2.45) is 5.41 Å². The lowest BCUT2D eigenvalue weighted by Crippen LogP contribution is -2.57. The van der Waals surface area contributed by atoms with Gasteiger partial charge in [-0.15, -0.1) is 0 Å². The number of carbonyl (C=O) groups is 2. The number of hydrogen-bond acceptors (Lipinski definition) is 5. The molecule has 0 spiro atoms. The van der Waals surface area contributed by atoms with E-state index in [1.165, 1.54) is 29.2 Å². The van der Waals surface area contributed by atoms with Crippen LogP contribution in [0.1, 0.15) is 53.5 Å². The summed E-state index contributed by atoms with van der Waals surface area (Å²) >= 11 is 0. The van der Waals surface area contributed by atoms with Gasteiger partial charge in [0.25, 0.3) is 0 Å². The molecule has 7 heteroatoms. The van der Waals surface area contributed by atoms with Gasteiger partial charge in [-0.05, 0) is 59.2 Å². The molecule has 1 saturated heterocycles. The van der Waals surface area contributed by atoms with Crippen molar-refractivity contribution in [3.05, 3.63) is 35.6 Å². The standard InChI is InChI=1S/C21H30FNO5/c1-19(2,3)17(24)27-16-13-23(18(25)28-20(4,5)6)12-11-21(16,26)14-7-9-15(22)10-8-14/h7-10,16,26H,11-13H2,1-6H3/t16-,21-/m0/s1. The second-order valence-corrected chi connectivity index (χ2v) is 9.25. The van der Waals surface area contributed by atoms with Crippen molar-refractivity contribution in [1.82, 2.24) is 4.90 Å². The Hall–Kier alpha value is -2.15. The van der Waals surface area contributed by atoms with E-state index < -0.39 is 40.6 Å². The van der Waals surface area contributed by atoms with E-state index in [1.54, 1.807) is 41.5 Å². The number of halogens is 1. The fourth-order valence-corrected chi connectivity index (χ4v) is 2.91. The fourth-order valence-electron chi connectivity index (χ4n) is 2.91. The van der Waals surface area contributed by atoms with Crippen LogP contribution in [-0.2, 0) is 19.9 Å². The normalized spacial score (nSPS) is 23.3. The molecule has 0 radical (unpaired) electrons. The van der Waals surface area contributed by atoms with E-state index in [-0.39, 0.29) is 19.5 Å². The fraction of sp³-hybridized carbons (Fsp3) is 0.619. The molecule has 0 saturated carbocycles. The summed E-state index contributed by atoms with van der Waals surface area (Å²) in [6, 6.07) is 5.43. The Kier molecular flexibility index (Phi) is 6.09. The van der Waals surface area contributed by atoms with Crippen LogP contribution in [-0.4, -0.2) is 46.9 Å². The van der Waals surface area contributed by atoms with Gasteiger partial charge in [-0.2, -0.15) is 0 Å². The maximum absolute atomic E-state index is 13.3. The SMILES string of the molecule is CC(C)(C)OC(=O)N1CC[C@](O)(c2ccc(F)cc2)[C@@H](OC(=O)C(C)(C)C)C1. The van der Waals surface area contributed by atoms with Crippen LogP contribution >= 0.6 is 0 Å². The Balaban J connectivity index is 2.31. The van der Waals surface area contributed by atoms with E-state index in [9.17, 15) is 19.1 Å². The molecule has 1 aliphatic rings. The molecule has 156 valence electrons. The van der Waals surface area contributed by atoms with Crippen LogP contribution in [0.15, 0.2) is 24.3 Å². The third-order valence-electron chi connectivity index (χ3n) is 4.54. The van der Waals surface area contributed by atoms with Crippen LogP contribution in [0.25, 0.3) is 0 Å². The Morgan fingerprint density at radius 3 is 2.21 bits per heavy atom. The molecule has 2 atom stereocenters. The number of piperidine rings is 1. The summed E-state index contributed by atoms with van der Waals surface area (Å²) in [6.45, 7) is 10.6. The molecular weight excluding hydrogens is 365 g/mol. The maximum Gasteiger partial charge on any atom is 0.410 e. The van der Waals surface area contributed by atoms with E-state index in [1.807, 2.05) is 0 Å². The summed E-state index contributed by atoms with van der Waals surface area (Å²) in [5.74, 6) is -0.925. The molecule has 1 fully saturated rings. The highest BCUT2D eigenvalue weighted by molar-refractivity contribution is 5.76. The van der Waals surface area contributed by atoms with Crippen molar-refractivity contribution in [3.8, 4) is 0 Å². The summed E-state index contributed by atoms with van der Waals surface area (Å²) in [6.07, 6.45) is -1.42. The van der Waals surface area contributed by atoms with Crippen LogP contribution in [0.4, 0.5) is 9.18 Å². The van der Waals surface area contributed by atoms with Gasteiger partial charge in [0.05, 0.1) is 12.0 Å². The first-order chi connectivity index (χ1) is 12.7. The number of ether oxygens (including phenoxy) is 2. The van der Waals surface area contributed by atoms with Gasteiger partial charge in [-0.3, -0.25) is 4.79 Å². The average Bonchev–Trinajstić information content (AvgIpc) is 2.54. The zero-order valence-corrected chi connectivity index (χ0v) is 17.4. The molecule has 1 N–H and O–H groups in total. The van der Waals surface area contributed by atoms with Crippen molar-refractivity contribution in [2.45, 2.75) is 65.3 Å². The largest absolute Gasteiger partial charge is 0.457 e. The van der Waals surface area contributed by atoms with Gasteiger partial charge in [0.15, 0.2) is 6.10 Å². The molecule has 0 unspecified atom stereocenters. The van der Waals surface area contributed by atoms with E-state index >= 15 is 0 Å². The summed E-state index contributed by atoms with van der Waals surface area (Å²) in [5, 5.41) is 11.4. The third kappa shape index (κ3) is 5.22. The Labute approximate surface area is 165 Å². The number of aliphatic hydroxyl groups is 1. The molecule has 2 rings (SSSR count). The number of esters is 1. The zero-order valence-electron chi connectivity index (χ0n) is 17.4. The minimum Gasteiger partial charge on any atom is -0.457 e. The smallest absolute Gasteiger partial charge is 0.410 e. The van der Waals surface area contributed by atoms with Crippen molar-refractivity contribution < 1.29 is 28.6 Å². The minimum atomic E-state index is -1.53. The molecule has 1 heterocycles. The molecule has 1 amide bonds. The number of rotatable bonds is 2. The number of likely N-dealkylation sites (tertiary alicyclic amines) is 1. The minimum absolute atomic E-state index is 0.0232. The second-order valence-electron chi connectivity index (χ2n) is 9.25. The molecule has 28 heavy (non-hydrogen) atoms. The lowest BCUT2D eigenvalue weighted by atomic mass is 9.81. The van der Waals surface area contributed by atoms with E-state index in [0.717, 1.165) is 0 Å². The van der Waals surface area contributed by atoms with Crippen molar-refractivity contribution >= 4 is 12.1 Å². The van der Waals surface area contributed by atoms with Crippen LogP contribution < -0.4 is 0 Å². The van der Waals surface area contributed by atoms with Crippen LogP contribution in [0.2, 0.25) is 0 Å². The zero-order chi connectivity index (χ0) is 21.3. The summed E-state index contributed by atoms with van der Waals surface area (Å²) < 4.78 is 24.4. The average molecular weight is 395 g/mol. The number of amides is 1. The number of hydrogen-bond donors (Lipinski definition) is 1. The summed E-state index contributed by atoms with van der Waals surface area (Å²) in [7, 11) is 0. The molecule has 0 aliphatic carbocycles. The molecule has 1 aliphatic heterocycles. The van der Waals surface area contributed by atoms with E-state index in [2.05, 4.69) is 0 Å². The highest BCUT2D eigenvalue weighted by Crippen LogP contribution is 2.36. The van der Waals surface area contributed by atoms with Crippen molar-refractivity contribution in [3.63, 3.8) is 0 Å². The van der Waals surface area contributed by atoms with E-state index in [4.69, 9.17) is 9.47 Å². The number of nitrogens with zero attached hydrogens (tertiary/aromatic N) is 1. The molecule has 1 aromatic carbocycles. The molecular formula is C21H30FNO5. The highest BCUT2D eigenvalue weighted by Gasteiger charge is 2.48. The Morgan fingerprint density at radius 1 is 1.14 bits per heavy atom. The lowest BCUT2D eigenvalue weighted by Gasteiger charge is -2.44. The third-order valence-corrected chi connectivity index (χ3v) is 4.54. The van der Waals surface area contributed by atoms with Crippen molar-refractivity contribution in [1.29, 1.82) is 0 Å². The summed E-state index contributed by atoms with van der Waals surface area (Å²) in [4.78, 5) is 26.4. The maximum atomic E-state index is 13.3. The van der Waals surface area contributed by atoms with E-state index in [0.29, 0.717) is 5.56 Å². The second kappa shape index (κ2) is 7.70. The van der Waals surface area contributed by atoms with Gasteiger partial charge in [-0.1, -0.05) is 12.1 Å². The predicted octanol–water partition coefficient (Wildman–Crippen LogP) is 3.61. The monoisotopic (exact) mass is 395 g/mol. The molecule has 0 aromatic heterocycles. The van der Waals surface area contributed by atoms with Crippen LogP contribution in [0, 0.1) is 11.2 Å². The van der Waals surface area contributed by atoms with Crippen LogP contribution in [0.5, 0.6) is 0 Å². The van der Waals surface area contributed by atoms with Crippen molar-refractivity contribution in [2.75, 3.05) is 13.1 Å². The first-order valence-electron chi connectivity index (χ1n) is 9.40. The lowest BCUT2D eigenvalue weighted by molar-refractivity contribution is -0.186. The molecule has 6 nitrogen and oxygen atoms in total. The Bertz CT molecular complexity index is 720. The van der Waals surface area contributed by atoms with Gasteiger partial charge in [0.1, 0.15) is 17.0 Å². The summed E-state index contributed by atoms with van der Waals surface area (Å²) in [5.41, 5.74) is -2.55. The number of carbonyl (C=O) groups excluding carboxylic acids is 2. The topological polar surface area (TPSA) is 76.1 Å². The number of benzene rings is 1. The Morgan fingerprint density at radius 2 is 1.71 bits per heavy atom. The molecule has 0 bridgehead atoms. The van der Waals surface area contributed by atoms with Gasteiger partial charge in [0, 0.05) is 13.0 Å². The first-order valence-corrected chi connectivity index (χ1v) is 9.40. The quantitative estimate of drug-likeness (QED) is 0.774. The van der Waals surface area contributed by atoms with Gasteiger partial charge >= 0.3 is 12.1 Å².